The molecule has 120 valence electrons. The Labute approximate surface area is 127 Å². The highest BCUT2D eigenvalue weighted by molar-refractivity contribution is 5.76. The van der Waals surface area contributed by atoms with Crippen LogP contribution in [0, 0.1) is 5.92 Å². The van der Waals surface area contributed by atoms with E-state index in [0.717, 1.165) is 58.7 Å². The molecule has 3 fully saturated rings. The van der Waals surface area contributed by atoms with Crippen LogP contribution >= 0.6 is 0 Å². The van der Waals surface area contributed by atoms with Gasteiger partial charge < -0.3 is 15.4 Å². The minimum atomic E-state index is 0.236. The number of amides is 1. The SMILES string of the molecule is NC1CCCCC1CC(=O)N1CCC(N2CCOCC2)C1. The smallest absolute Gasteiger partial charge is 0.222 e. The van der Waals surface area contributed by atoms with Gasteiger partial charge in [0.05, 0.1) is 13.2 Å². The molecule has 21 heavy (non-hydrogen) atoms. The van der Waals surface area contributed by atoms with Crippen molar-refractivity contribution in [2.75, 3.05) is 39.4 Å². The Hall–Kier alpha value is -0.650. The topological polar surface area (TPSA) is 58.8 Å². The molecule has 5 nitrogen and oxygen atoms in total. The lowest BCUT2D eigenvalue weighted by Crippen LogP contribution is -2.45. The summed E-state index contributed by atoms with van der Waals surface area (Å²) >= 11 is 0. The lowest BCUT2D eigenvalue weighted by molar-refractivity contribution is -0.131. The van der Waals surface area contributed by atoms with Crippen molar-refractivity contribution < 1.29 is 9.53 Å². The largest absolute Gasteiger partial charge is 0.379 e. The van der Waals surface area contributed by atoms with E-state index in [9.17, 15) is 4.79 Å². The summed E-state index contributed by atoms with van der Waals surface area (Å²) in [4.78, 5) is 17.1. The summed E-state index contributed by atoms with van der Waals surface area (Å²) in [7, 11) is 0. The fourth-order valence-corrected chi connectivity index (χ4v) is 4.05. The van der Waals surface area contributed by atoms with Crippen LogP contribution in [0.5, 0.6) is 0 Å². The number of rotatable bonds is 3. The summed E-state index contributed by atoms with van der Waals surface area (Å²) in [6.45, 7) is 5.52. The van der Waals surface area contributed by atoms with Crippen molar-refractivity contribution >= 4 is 5.91 Å². The van der Waals surface area contributed by atoms with Gasteiger partial charge in [0.15, 0.2) is 0 Å². The van der Waals surface area contributed by atoms with Crippen molar-refractivity contribution in [2.24, 2.45) is 11.7 Å². The number of hydrogen-bond acceptors (Lipinski definition) is 4. The Balaban J connectivity index is 1.47. The molecule has 0 aromatic heterocycles. The molecule has 3 unspecified atom stereocenters. The molecular weight excluding hydrogens is 266 g/mol. The van der Waals surface area contributed by atoms with Gasteiger partial charge in [-0.2, -0.15) is 0 Å². The number of carbonyl (C=O) groups excluding carboxylic acids is 1. The Bertz CT molecular complexity index is 357. The van der Waals surface area contributed by atoms with E-state index in [1.165, 1.54) is 12.8 Å². The number of nitrogens with two attached hydrogens (primary N) is 1. The fourth-order valence-electron chi connectivity index (χ4n) is 4.05. The molecule has 0 bridgehead atoms. The number of hydrogen-bond donors (Lipinski definition) is 1. The van der Waals surface area contributed by atoms with Gasteiger partial charge in [-0.1, -0.05) is 12.8 Å². The minimum Gasteiger partial charge on any atom is -0.379 e. The van der Waals surface area contributed by atoms with Crippen molar-refractivity contribution in [3.05, 3.63) is 0 Å². The average molecular weight is 295 g/mol. The van der Waals surface area contributed by atoms with E-state index in [4.69, 9.17) is 10.5 Å². The van der Waals surface area contributed by atoms with Crippen LogP contribution in [0.2, 0.25) is 0 Å². The monoisotopic (exact) mass is 295 g/mol. The molecule has 0 aromatic carbocycles. The fraction of sp³-hybridized carbons (Fsp3) is 0.938. The standard InChI is InChI=1S/C16H29N3O2/c17-15-4-2-1-3-13(15)11-16(20)19-6-5-14(12-19)18-7-9-21-10-8-18/h13-15H,1-12,17H2. The maximum absolute atomic E-state index is 12.5. The van der Waals surface area contributed by atoms with E-state index in [0.29, 0.717) is 24.3 Å². The third-order valence-electron chi connectivity index (χ3n) is 5.48. The number of morpholine rings is 1. The summed E-state index contributed by atoms with van der Waals surface area (Å²) in [6, 6.07) is 0.776. The van der Waals surface area contributed by atoms with Crippen LogP contribution in [-0.4, -0.2) is 67.2 Å². The van der Waals surface area contributed by atoms with Crippen LogP contribution in [0.3, 0.4) is 0 Å². The molecule has 3 rings (SSSR count). The number of carbonyl (C=O) groups is 1. The van der Waals surface area contributed by atoms with E-state index in [1.807, 2.05) is 0 Å². The van der Waals surface area contributed by atoms with Crippen LogP contribution in [0.4, 0.5) is 0 Å². The highest BCUT2D eigenvalue weighted by Gasteiger charge is 2.33. The highest BCUT2D eigenvalue weighted by atomic mass is 16.5. The molecule has 0 spiro atoms. The van der Waals surface area contributed by atoms with Crippen molar-refractivity contribution in [3.8, 4) is 0 Å². The van der Waals surface area contributed by atoms with Gasteiger partial charge in [0.25, 0.3) is 0 Å². The highest BCUT2D eigenvalue weighted by Crippen LogP contribution is 2.27. The van der Waals surface area contributed by atoms with Crippen molar-refractivity contribution in [1.82, 2.24) is 9.80 Å². The molecule has 5 heteroatoms. The molecule has 1 aliphatic carbocycles. The second-order valence-electron chi connectivity index (χ2n) is 6.84. The molecule has 3 atom stereocenters. The first kappa shape index (κ1) is 15.3. The normalized spacial score (nSPS) is 35.1. The third-order valence-corrected chi connectivity index (χ3v) is 5.48. The Morgan fingerprint density at radius 3 is 2.62 bits per heavy atom. The predicted octanol–water partition coefficient (Wildman–Crippen LogP) is 0.827. The second-order valence-corrected chi connectivity index (χ2v) is 6.84. The van der Waals surface area contributed by atoms with Crippen molar-refractivity contribution in [2.45, 2.75) is 50.6 Å². The molecule has 2 saturated heterocycles. The summed E-state index contributed by atoms with van der Waals surface area (Å²) in [5.74, 6) is 0.738. The first-order chi connectivity index (χ1) is 10.2. The summed E-state index contributed by atoms with van der Waals surface area (Å²) in [5.41, 5.74) is 6.18. The van der Waals surface area contributed by atoms with Gasteiger partial charge in [0.1, 0.15) is 0 Å². The van der Waals surface area contributed by atoms with Crippen molar-refractivity contribution in [1.29, 1.82) is 0 Å². The summed E-state index contributed by atoms with van der Waals surface area (Å²) in [6.07, 6.45) is 6.47. The van der Waals surface area contributed by atoms with Gasteiger partial charge >= 0.3 is 0 Å². The summed E-state index contributed by atoms with van der Waals surface area (Å²) < 4.78 is 5.41. The van der Waals surface area contributed by atoms with E-state index in [-0.39, 0.29) is 6.04 Å². The Morgan fingerprint density at radius 2 is 1.86 bits per heavy atom. The van der Waals surface area contributed by atoms with E-state index in [2.05, 4.69) is 9.80 Å². The van der Waals surface area contributed by atoms with E-state index in [1.54, 1.807) is 0 Å². The molecule has 1 saturated carbocycles. The first-order valence-electron chi connectivity index (χ1n) is 8.59. The Kier molecular flexibility index (Phi) is 5.14. The minimum absolute atomic E-state index is 0.236. The lowest BCUT2D eigenvalue weighted by Gasteiger charge is -2.32. The van der Waals surface area contributed by atoms with Gasteiger partial charge in [-0.25, -0.2) is 0 Å². The van der Waals surface area contributed by atoms with Gasteiger partial charge in [0.2, 0.25) is 5.91 Å². The predicted molar refractivity (Wildman–Crippen MR) is 81.9 cm³/mol. The zero-order valence-corrected chi connectivity index (χ0v) is 13.0. The lowest BCUT2D eigenvalue weighted by atomic mass is 9.83. The van der Waals surface area contributed by atoms with Crippen LogP contribution in [-0.2, 0) is 9.53 Å². The number of nitrogens with zero attached hydrogens (tertiary/aromatic N) is 2. The average Bonchev–Trinajstić information content (AvgIpc) is 3.00. The number of likely N-dealkylation sites (tertiary alicyclic amines) is 1. The van der Waals surface area contributed by atoms with E-state index < -0.39 is 0 Å². The third kappa shape index (κ3) is 3.76. The van der Waals surface area contributed by atoms with Crippen LogP contribution < -0.4 is 5.73 Å². The molecule has 1 amide bonds. The van der Waals surface area contributed by atoms with Crippen LogP contribution in [0.15, 0.2) is 0 Å². The van der Waals surface area contributed by atoms with E-state index >= 15 is 0 Å². The molecule has 3 aliphatic rings. The van der Waals surface area contributed by atoms with Gasteiger partial charge in [0, 0.05) is 44.7 Å². The zero-order valence-electron chi connectivity index (χ0n) is 13.0. The number of ether oxygens (including phenoxy) is 1. The molecule has 0 radical (unpaired) electrons. The second kappa shape index (κ2) is 7.07. The molecule has 2 N–H and O–H groups in total. The Morgan fingerprint density at radius 1 is 1.10 bits per heavy atom. The van der Waals surface area contributed by atoms with Gasteiger partial charge in [-0.3, -0.25) is 9.69 Å². The van der Waals surface area contributed by atoms with Gasteiger partial charge in [-0.05, 0) is 25.2 Å². The summed E-state index contributed by atoms with van der Waals surface area (Å²) in [5, 5.41) is 0. The molecule has 2 heterocycles. The van der Waals surface area contributed by atoms with Gasteiger partial charge in [-0.15, -0.1) is 0 Å². The molecular formula is C16H29N3O2. The zero-order chi connectivity index (χ0) is 14.7. The quantitative estimate of drug-likeness (QED) is 0.838. The van der Waals surface area contributed by atoms with Crippen molar-refractivity contribution in [3.63, 3.8) is 0 Å². The van der Waals surface area contributed by atoms with Crippen LogP contribution in [0.25, 0.3) is 0 Å². The maximum Gasteiger partial charge on any atom is 0.222 e. The molecule has 2 aliphatic heterocycles. The maximum atomic E-state index is 12.5. The van der Waals surface area contributed by atoms with Crippen LogP contribution in [0.1, 0.15) is 38.5 Å². The first-order valence-corrected chi connectivity index (χ1v) is 8.59. The molecule has 0 aromatic rings.